The maximum Gasteiger partial charge on any atom is 0.251 e. The predicted molar refractivity (Wildman–Crippen MR) is 105 cm³/mol. The molecule has 136 valence electrons. The molecule has 1 atom stereocenters. The Morgan fingerprint density at radius 1 is 0.963 bits per heavy atom. The van der Waals surface area contributed by atoms with Crippen molar-refractivity contribution in [1.82, 2.24) is 10.3 Å². The van der Waals surface area contributed by atoms with Crippen molar-refractivity contribution in [2.75, 3.05) is 0 Å². The van der Waals surface area contributed by atoms with Crippen LogP contribution in [0.4, 0.5) is 0 Å². The molecular formula is C21H18ClN3O2. The number of carbonyl (C=O) groups is 2. The third kappa shape index (κ3) is 4.92. The Kier molecular flexibility index (Phi) is 5.84. The van der Waals surface area contributed by atoms with E-state index in [9.17, 15) is 9.59 Å². The lowest BCUT2D eigenvalue weighted by Crippen LogP contribution is -2.45. The molecule has 3 N–H and O–H groups in total. The fraction of sp³-hybridized carbons (Fsp3) is 0.0952. The monoisotopic (exact) mass is 379 g/mol. The van der Waals surface area contributed by atoms with E-state index in [-0.39, 0.29) is 12.3 Å². The second-order valence-electron chi connectivity index (χ2n) is 6.07. The normalized spacial score (nSPS) is 11.6. The lowest BCUT2D eigenvalue weighted by molar-refractivity contribution is -0.119. The Balaban J connectivity index is 1.70. The van der Waals surface area contributed by atoms with Crippen molar-refractivity contribution in [2.24, 2.45) is 5.73 Å². The molecule has 0 bridgehead atoms. The van der Waals surface area contributed by atoms with Crippen molar-refractivity contribution < 1.29 is 9.59 Å². The number of amides is 2. The van der Waals surface area contributed by atoms with Crippen LogP contribution in [0.5, 0.6) is 0 Å². The van der Waals surface area contributed by atoms with Crippen molar-refractivity contribution in [3.63, 3.8) is 0 Å². The molecule has 2 aromatic carbocycles. The van der Waals surface area contributed by atoms with Gasteiger partial charge in [-0.2, -0.15) is 0 Å². The van der Waals surface area contributed by atoms with E-state index in [1.165, 1.54) is 0 Å². The van der Waals surface area contributed by atoms with E-state index in [2.05, 4.69) is 10.3 Å². The highest BCUT2D eigenvalue weighted by molar-refractivity contribution is 6.29. The van der Waals surface area contributed by atoms with E-state index < -0.39 is 11.9 Å². The number of pyridine rings is 1. The number of rotatable bonds is 6. The summed E-state index contributed by atoms with van der Waals surface area (Å²) in [4.78, 5) is 28.2. The van der Waals surface area contributed by atoms with Crippen LogP contribution in [0, 0.1) is 0 Å². The van der Waals surface area contributed by atoms with E-state index in [1.807, 2.05) is 42.5 Å². The molecule has 2 amide bonds. The van der Waals surface area contributed by atoms with Crippen LogP contribution in [0.1, 0.15) is 15.9 Å². The summed E-state index contributed by atoms with van der Waals surface area (Å²) in [6.07, 6.45) is 1.80. The molecule has 0 aliphatic carbocycles. The van der Waals surface area contributed by atoms with Gasteiger partial charge in [0, 0.05) is 18.2 Å². The highest BCUT2D eigenvalue weighted by Gasteiger charge is 2.19. The Labute approximate surface area is 162 Å². The van der Waals surface area contributed by atoms with Crippen LogP contribution >= 0.6 is 11.6 Å². The van der Waals surface area contributed by atoms with Gasteiger partial charge in [-0.05, 0) is 34.9 Å². The number of nitrogens with one attached hydrogen (secondary N) is 1. The zero-order valence-corrected chi connectivity index (χ0v) is 15.2. The first-order chi connectivity index (χ1) is 13.0. The van der Waals surface area contributed by atoms with Crippen LogP contribution < -0.4 is 11.1 Å². The van der Waals surface area contributed by atoms with Gasteiger partial charge >= 0.3 is 0 Å². The Bertz CT molecular complexity index is 926. The molecule has 0 aliphatic rings. The first-order valence-corrected chi connectivity index (χ1v) is 8.77. The van der Waals surface area contributed by atoms with Gasteiger partial charge in [0.05, 0.1) is 0 Å². The zero-order valence-electron chi connectivity index (χ0n) is 14.4. The number of halogens is 1. The van der Waals surface area contributed by atoms with Crippen LogP contribution in [-0.4, -0.2) is 22.8 Å². The van der Waals surface area contributed by atoms with Crippen LogP contribution in [0.3, 0.4) is 0 Å². The number of primary amides is 1. The second kappa shape index (κ2) is 8.47. The number of aromatic nitrogens is 1. The van der Waals surface area contributed by atoms with E-state index in [0.717, 1.165) is 16.7 Å². The molecule has 27 heavy (non-hydrogen) atoms. The summed E-state index contributed by atoms with van der Waals surface area (Å²) in [5.41, 5.74) is 8.72. The average Bonchev–Trinajstić information content (AvgIpc) is 2.69. The molecule has 1 aromatic heterocycles. The van der Waals surface area contributed by atoms with Gasteiger partial charge in [-0.1, -0.05) is 60.1 Å². The minimum Gasteiger partial charge on any atom is -0.368 e. The van der Waals surface area contributed by atoms with Crippen molar-refractivity contribution in [3.8, 4) is 11.1 Å². The molecule has 3 rings (SSSR count). The molecule has 0 aliphatic heterocycles. The molecule has 3 aromatic rings. The SMILES string of the molecule is NC(=O)[C@H](Cc1ccc(Cl)nc1)NC(=O)c1ccc(-c2ccccc2)cc1. The maximum absolute atomic E-state index is 12.5. The number of hydrogen-bond donors (Lipinski definition) is 2. The Morgan fingerprint density at radius 2 is 1.63 bits per heavy atom. The van der Waals surface area contributed by atoms with E-state index in [0.29, 0.717) is 10.7 Å². The van der Waals surface area contributed by atoms with Gasteiger partial charge in [-0.15, -0.1) is 0 Å². The highest BCUT2D eigenvalue weighted by Crippen LogP contribution is 2.19. The van der Waals surface area contributed by atoms with Crippen LogP contribution in [0.15, 0.2) is 72.9 Å². The van der Waals surface area contributed by atoms with Gasteiger partial charge in [0.1, 0.15) is 11.2 Å². The third-order valence-corrected chi connectivity index (χ3v) is 4.36. The van der Waals surface area contributed by atoms with Gasteiger partial charge < -0.3 is 11.1 Å². The van der Waals surface area contributed by atoms with Gasteiger partial charge in [-0.25, -0.2) is 4.98 Å². The molecule has 0 unspecified atom stereocenters. The number of nitrogens with zero attached hydrogens (tertiary/aromatic N) is 1. The standard InChI is InChI=1S/C21H18ClN3O2/c22-19-11-6-14(13-24-19)12-18(20(23)26)25-21(27)17-9-7-16(8-10-17)15-4-2-1-3-5-15/h1-11,13,18H,12H2,(H2,23,26)(H,25,27)/t18-/m0/s1. The molecule has 1 heterocycles. The summed E-state index contributed by atoms with van der Waals surface area (Å²) in [6.45, 7) is 0. The van der Waals surface area contributed by atoms with Crippen molar-refractivity contribution in [2.45, 2.75) is 12.5 Å². The lowest BCUT2D eigenvalue weighted by atomic mass is 10.0. The van der Waals surface area contributed by atoms with E-state index in [4.69, 9.17) is 17.3 Å². The molecule has 0 radical (unpaired) electrons. The minimum atomic E-state index is -0.839. The highest BCUT2D eigenvalue weighted by atomic mass is 35.5. The molecule has 5 nitrogen and oxygen atoms in total. The summed E-state index contributed by atoms with van der Waals surface area (Å²) in [7, 11) is 0. The van der Waals surface area contributed by atoms with Crippen LogP contribution in [-0.2, 0) is 11.2 Å². The second-order valence-corrected chi connectivity index (χ2v) is 6.45. The van der Waals surface area contributed by atoms with E-state index in [1.54, 1.807) is 30.5 Å². The smallest absolute Gasteiger partial charge is 0.251 e. The molecule has 6 heteroatoms. The summed E-state index contributed by atoms with van der Waals surface area (Å²) in [5, 5.41) is 3.04. The number of carbonyl (C=O) groups excluding carboxylic acids is 2. The van der Waals surface area contributed by atoms with Crippen molar-refractivity contribution in [1.29, 1.82) is 0 Å². The largest absolute Gasteiger partial charge is 0.368 e. The molecule has 0 saturated carbocycles. The summed E-state index contributed by atoms with van der Waals surface area (Å²) in [6, 6.07) is 19.6. The quantitative estimate of drug-likeness (QED) is 0.645. The average molecular weight is 380 g/mol. The third-order valence-electron chi connectivity index (χ3n) is 4.13. The fourth-order valence-electron chi connectivity index (χ4n) is 2.67. The van der Waals surface area contributed by atoms with Gasteiger partial charge in [-0.3, -0.25) is 9.59 Å². The molecule has 0 spiro atoms. The molecular weight excluding hydrogens is 362 g/mol. The summed E-state index contributed by atoms with van der Waals surface area (Å²) in [5.74, 6) is -0.973. The molecule has 0 saturated heterocycles. The topological polar surface area (TPSA) is 85.1 Å². The van der Waals surface area contributed by atoms with Crippen LogP contribution in [0.2, 0.25) is 5.15 Å². The minimum absolute atomic E-state index is 0.243. The van der Waals surface area contributed by atoms with E-state index >= 15 is 0 Å². The van der Waals surface area contributed by atoms with Crippen LogP contribution in [0.25, 0.3) is 11.1 Å². The lowest BCUT2D eigenvalue weighted by Gasteiger charge is -2.15. The Morgan fingerprint density at radius 3 is 2.22 bits per heavy atom. The first kappa shape index (κ1) is 18.6. The van der Waals surface area contributed by atoms with Crippen molar-refractivity contribution >= 4 is 23.4 Å². The van der Waals surface area contributed by atoms with Gasteiger partial charge in [0.15, 0.2) is 0 Å². The number of benzene rings is 2. The molecule has 0 fully saturated rings. The van der Waals surface area contributed by atoms with Gasteiger partial charge in [0.25, 0.3) is 5.91 Å². The maximum atomic E-state index is 12.5. The Hall–Kier alpha value is -3.18. The number of hydrogen-bond acceptors (Lipinski definition) is 3. The van der Waals surface area contributed by atoms with Crippen molar-refractivity contribution in [3.05, 3.63) is 89.2 Å². The summed E-state index contributed by atoms with van der Waals surface area (Å²) >= 11 is 5.76. The number of nitrogens with two attached hydrogens (primary N) is 1. The first-order valence-electron chi connectivity index (χ1n) is 8.39. The predicted octanol–water partition coefficient (Wildman–Crippen LogP) is 3.23. The summed E-state index contributed by atoms with van der Waals surface area (Å²) < 4.78 is 0. The van der Waals surface area contributed by atoms with Gasteiger partial charge in [0.2, 0.25) is 5.91 Å². The fourth-order valence-corrected chi connectivity index (χ4v) is 2.78. The zero-order chi connectivity index (χ0) is 19.2.